The first-order chi connectivity index (χ1) is 11.0. The maximum atomic E-state index is 5.49. The molecule has 2 heterocycles. The summed E-state index contributed by atoms with van der Waals surface area (Å²) in [7, 11) is 1.64. The second-order valence-corrected chi connectivity index (χ2v) is 5.40. The number of nitrogens with zero attached hydrogens (tertiary/aromatic N) is 3. The summed E-state index contributed by atoms with van der Waals surface area (Å²) in [4.78, 5) is 16.4. The van der Waals surface area contributed by atoms with Crippen LogP contribution < -0.4 is 10.1 Å². The Morgan fingerprint density at radius 1 is 0.957 bits per heavy atom. The SMILES string of the molecule is COc1cc(Nc2nc(C)cc(C)n2)ccc1-c1nc(C)c[nH]1. The monoisotopic (exact) mass is 309 g/mol. The van der Waals surface area contributed by atoms with Gasteiger partial charge in [0.25, 0.3) is 0 Å². The molecule has 0 aliphatic rings. The number of H-pyrrole nitrogens is 1. The van der Waals surface area contributed by atoms with Gasteiger partial charge in [-0.1, -0.05) is 0 Å². The highest BCUT2D eigenvalue weighted by molar-refractivity contribution is 5.70. The van der Waals surface area contributed by atoms with Gasteiger partial charge in [-0.05, 0) is 39.0 Å². The lowest BCUT2D eigenvalue weighted by Gasteiger charge is -2.11. The average molecular weight is 309 g/mol. The number of anilines is 2. The number of hydrogen-bond donors (Lipinski definition) is 2. The van der Waals surface area contributed by atoms with Crippen molar-refractivity contribution in [1.82, 2.24) is 19.9 Å². The Bertz CT molecular complexity index is 821. The Morgan fingerprint density at radius 3 is 2.30 bits per heavy atom. The highest BCUT2D eigenvalue weighted by Crippen LogP contribution is 2.31. The van der Waals surface area contributed by atoms with E-state index in [1.165, 1.54) is 0 Å². The number of imidazole rings is 1. The lowest BCUT2D eigenvalue weighted by Crippen LogP contribution is -2.00. The summed E-state index contributed by atoms with van der Waals surface area (Å²) in [5.74, 6) is 2.09. The van der Waals surface area contributed by atoms with Crippen molar-refractivity contribution in [2.45, 2.75) is 20.8 Å². The first kappa shape index (κ1) is 15.0. The van der Waals surface area contributed by atoms with Gasteiger partial charge in [0.05, 0.1) is 18.4 Å². The van der Waals surface area contributed by atoms with E-state index in [9.17, 15) is 0 Å². The Labute approximate surface area is 135 Å². The molecule has 0 saturated heterocycles. The molecule has 3 rings (SSSR count). The van der Waals surface area contributed by atoms with E-state index >= 15 is 0 Å². The molecule has 0 amide bonds. The van der Waals surface area contributed by atoms with Gasteiger partial charge in [-0.15, -0.1) is 0 Å². The van der Waals surface area contributed by atoms with E-state index in [1.54, 1.807) is 7.11 Å². The fourth-order valence-electron chi connectivity index (χ4n) is 2.43. The van der Waals surface area contributed by atoms with Gasteiger partial charge in [0.1, 0.15) is 11.6 Å². The molecular weight excluding hydrogens is 290 g/mol. The number of aromatic nitrogens is 4. The second-order valence-electron chi connectivity index (χ2n) is 5.40. The van der Waals surface area contributed by atoms with Crippen LogP contribution in [0.1, 0.15) is 17.1 Å². The molecule has 0 unspecified atom stereocenters. The molecule has 0 saturated carbocycles. The molecule has 23 heavy (non-hydrogen) atoms. The molecule has 6 nitrogen and oxygen atoms in total. The molecule has 1 aromatic carbocycles. The Kier molecular flexibility index (Phi) is 3.97. The van der Waals surface area contributed by atoms with Crippen LogP contribution in [-0.2, 0) is 0 Å². The van der Waals surface area contributed by atoms with Crippen molar-refractivity contribution >= 4 is 11.6 Å². The maximum Gasteiger partial charge on any atom is 0.227 e. The normalized spacial score (nSPS) is 10.6. The summed E-state index contributed by atoms with van der Waals surface area (Å²) >= 11 is 0. The largest absolute Gasteiger partial charge is 0.496 e. The summed E-state index contributed by atoms with van der Waals surface area (Å²) in [6.45, 7) is 5.84. The van der Waals surface area contributed by atoms with Crippen LogP contribution in [0, 0.1) is 20.8 Å². The average Bonchev–Trinajstić information content (AvgIpc) is 2.92. The fourth-order valence-corrected chi connectivity index (χ4v) is 2.43. The van der Waals surface area contributed by atoms with Crippen molar-refractivity contribution < 1.29 is 4.74 Å². The summed E-state index contributed by atoms with van der Waals surface area (Å²) in [5.41, 5.74) is 4.56. The highest BCUT2D eigenvalue weighted by atomic mass is 16.5. The van der Waals surface area contributed by atoms with Gasteiger partial charge < -0.3 is 15.0 Å². The molecule has 0 aliphatic carbocycles. The number of aromatic amines is 1. The van der Waals surface area contributed by atoms with Crippen molar-refractivity contribution in [3.63, 3.8) is 0 Å². The molecule has 0 radical (unpaired) electrons. The topological polar surface area (TPSA) is 75.7 Å². The van der Waals surface area contributed by atoms with Crippen LogP contribution in [0.15, 0.2) is 30.5 Å². The molecule has 118 valence electrons. The first-order valence-corrected chi connectivity index (χ1v) is 7.35. The third-order valence-corrected chi connectivity index (χ3v) is 3.40. The van der Waals surface area contributed by atoms with Gasteiger partial charge in [0.15, 0.2) is 0 Å². The lowest BCUT2D eigenvalue weighted by atomic mass is 10.1. The molecule has 0 spiro atoms. The number of methoxy groups -OCH3 is 1. The van der Waals surface area contributed by atoms with Crippen LogP contribution in [0.2, 0.25) is 0 Å². The third kappa shape index (κ3) is 3.31. The number of aryl methyl sites for hydroxylation is 3. The molecule has 0 fully saturated rings. The number of hydrogen-bond acceptors (Lipinski definition) is 5. The van der Waals surface area contributed by atoms with Crippen LogP contribution in [0.4, 0.5) is 11.6 Å². The number of nitrogens with one attached hydrogen (secondary N) is 2. The minimum Gasteiger partial charge on any atom is -0.496 e. The molecule has 2 aromatic heterocycles. The summed E-state index contributed by atoms with van der Waals surface area (Å²) in [5, 5.41) is 3.21. The molecule has 3 aromatic rings. The van der Waals surface area contributed by atoms with Gasteiger partial charge in [0, 0.05) is 29.3 Å². The predicted octanol–water partition coefficient (Wildman–Crippen LogP) is 3.54. The van der Waals surface area contributed by atoms with Crippen molar-refractivity contribution in [2.24, 2.45) is 0 Å². The molecule has 0 bridgehead atoms. The van der Waals surface area contributed by atoms with Gasteiger partial charge in [-0.25, -0.2) is 15.0 Å². The van der Waals surface area contributed by atoms with Crippen molar-refractivity contribution in [3.05, 3.63) is 47.5 Å². The number of benzene rings is 1. The zero-order valence-corrected chi connectivity index (χ0v) is 13.6. The number of rotatable bonds is 4. The van der Waals surface area contributed by atoms with Gasteiger partial charge in [-0.2, -0.15) is 0 Å². The quantitative estimate of drug-likeness (QED) is 0.771. The fraction of sp³-hybridized carbons (Fsp3) is 0.235. The minimum atomic E-state index is 0.575. The Balaban J connectivity index is 1.92. The van der Waals surface area contributed by atoms with Crippen LogP contribution in [0.3, 0.4) is 0 Å². The van der Waals surface area contributed by atoms with Crippen molar-refractivity contribution in [2.75, 3.05) is 12.4 Å². The van der Waals surface area contributed by atoms with Crippen molar-refractivity contribution in [3.8, 4) is 17.1 Å². The van der Waals surface area contributed by atoms with E-state index in [0.717, 1.165) is 39.9 Å². The second kappa shape index (κ2) is 6.08. The van der Waals surface area contributed by atoms with Crippen molar-refractivity contribution in [1.29, 1.82) is 0 Å². The minimum absolute atomic E-state index is 0.575. The standard InChI is InChI=1S/C17H19N5O/c1-10-7-11(2)21-17(20-10)22-13-5-6-14(15(8-13)23-4)16-18-9-12(3)19-16/h5-9H,1-4H3,(H,18,19)(H,20,21,22). The van der Waals surface area contributed by atoms with Gasteiger partial charge in [-0.3, -0.25) is 0 Å². The summed E-state index contributed by atoms with van der Waals surface area (Å²) < 4.78 is 5.49. The highest BCUT2D eigenvalue weighted by Gasteiger charge is 2.10. The van der Waals surface area contributed by atoms with E-state index < -0.39 is 0 Å². The number of ether oxygens (including phenoxy) is 1. The van der Waals surface area contributed by atoms with E-state index in [2.05, 4.69) is 25.3 Å². The summed E-state index contributed by atoms with van der Waals surface area (Å²) in [6.07, 6.45) is 1.87. The molecule has 6 heteroatoms. The molecule has 0 atom stereocenters. The first-order valence-electron chi connectivity index (χ1n) is 7.35. The Hall–Kier alpha value is -2.89. The summed E-state index contributed by atoms with van der Waals surface area (Å²) in [6, 6.07) is 7.77. The van der Waals surface area contributed by atoms with E-state index in [0.29, 0.717) is 5.95 Å². The Morgan fingerprint density at radius 2 is 1.70 bits per heavy atom. The maximum absolute atomic E-state index is 5.49. The van der Waals surface area contributed by atoms with Gasteiger partial charge in [0.2, 0.25) is 5.95 Å². The molecular formula is C17H19N5O. The van der Waals surface area contributed by atoms with Gasteiger partial charge >= 0.3 is 0 Å². The predicted molar refractivity (Wildman–Crippen MR) is 90.1 cm³/mol. The lowest BCUT2D eigenvalue weighted by molar-refractivity contribution is 0.416. The van der Waals surface area contributed by atoms with Crippen LogP contribution in [0.25, 0.3) is 11.4 Å². The van der Waals surface area contributed by atoms with E-state index in [1.807, 2.05) is 51.2 Å². The molecule has 2 N–H and O–H groups in total. The van der Waals surface area contributed by atoms with E-state index in [4.69, 9.17) is 4.74 Å². The van der Waals surface area contributed by atoms with E-state index in [-0.39, 0.29) is 0 Å². The third-order valence-electron chi connectivity index (χ3n) is 3.40. The zero-order valence-electron chi connectivity index (χ0n) is 13.6. The smallest absolute Gasteiger partial charge is 0.227 e. The van der Waals surface area contributed by atoms with Crippen LogP contribution >= 0.6 is 0 Å². The van der Waals surface area contributed by atoms with Crippen LogP contribution in [-0.4, -0.2) is 27.0 Å². The molecule has 0 aliphatic heterocycles. The van der Waals surface area contributed by atoms with Crippen LogP contribution in [0.5, 0.6) is 5.75 Å². The zero-order chi connectivity index (χ0) is 16.4.